The van der Waals surface area contributed by atoms with Crippen molar-refractivity contribution >= 4 is 28.5 Å². The summed E-state index contributed by atoms with van der Waals surface area (Å²) in [4.78, 5) is 0. The summed E-state index contributed by atoms with van der Waals surface area (Å²) in [6.07, 6.45) is 0. The summed E-state index contributed by atoms with van der Waals surface area (Å²) in [7, 11) is -4.84. The molecule has 0 aliphatic heterocycles. The van der Waals surface area contributed by atoms with Crippen LogP contribution in [0.5, 0.6) is 11.5 Å². The van der Waals surface area contributed by atoms with Gasteiger partial charge in [0.05, 0.1) is 0 Å². The van der Waals surface area contributed by atoms with E-state index in [-0.39, 0.29) is 0 Å². The number of nitrogen functional groups attached to an aromatic ring is 2. The maximum atomic E-state index is 6.26. The lowest BCUT2D eigenvalue weighted by atomic mass is 10.3. The number of hydrogen-bond donors (Lipinski definition) is 2. The summed E-state index contributed by atoms with van der Waals surface area (Å²) in [5, 5.41) is 0. The van der Waals surface area contributed by atoms with E-state index in [1.165, 1.54) is 0 Å². The molecule has 5 nitrogen and oxygen atoms in total. The number of nitrogens with two attached hydrogens (primary N) is 2. The topological polar surface area (TPSA) is 79.7 Å². The molecule has 23 heavy (non-hydrogen) atoms. The average molecular weight is 349 g/mol. The van der Waals surface area contributed by atoms with Crippen LogP contribution in [0.3, 0.4) is 0 Å². The van der Waals surface area contributed by atoms with E-state index in [2.05, 4.69) is 19.6 Å². The van der Waals surface area contributed by atoms with Gasteiger partial charge in [-0.25, -0.2) is 0 Å². The Hall–Kier alpha value is -1.97. The molecule has 0 saturated heterocycles. The zero-order valence-corrected chi connectivity index (χ0v) is 16.0. The van der Waals surface area contributed by atoms with E-state index in [1.54, 1.807) is 12.1 Å². The second-order valence-corrected chi connectivity index (χ2v) is 13.6. The first-order valence-electron chi connectivity index (χ1n) is 7.44. The lowest BCUT2D eigenvalue weighted by molar-refractivity contribution is 0.268. The number of benzene rings is 2. The molecule has 124 valence electrons. The fourth-order valence-electron chi connectivity index (χ4n) is 2.20. The van der Waals surface area contributed by atoms with Gasteiger partial charge >= 0.3 is 8.80 Å². The normalized spacial score (nSPS) is 12.0. The highest BCUT2D eigenvalue weighted by Crippen LogP contribution is 2.26. The van der Waals surface area contributed by atoms with Gasteiger partial charge in [-0.05, 0) is 43.9 Å². The number of hydrogen-bond acceptors (Lipinski definition) is 5. The first-order chi connectivity index (χ1) is 10.7. The molecule has 0 bridgehead atoms. The maximum Gasteiger partial charge on any atom is 0.618 e. The fourth-order valence-corrected chi connectivity index (χ4v) is 8.14. The summed E-state index contributed by atoms with van der Waals surface area (Å²) in [5.41, 5.74) is 12.9. The Morgan fingerprint density at radius 2 is 1.17 bits per heavy atom. The largest absolute Gasteiger partial charge is 0.618 e. The monoisotopic (exact) mass is 348 g/mol. The average Bonchev–Trinajstić information content (AvgIpc) is 2.35. The fraction of sp³-hybridized carbons (Fsp3) is 0.250. The Kier molecular flexibility index (Phi) is 5.03. The van der Waals surface area contributed by atoms with E-state index >= 15 is 0 Å². The molecule has 2 aromatic carbocycles. The van der Waals surface area contributed by atoms with Gasteiger partial charge in [-0.3, -0.25) is 0 Å². The predicted octanol–water partition coefficient (Wildman–Crippen LogP) is 3.73. The van der Waals surface area contributed by atoms with Gasteiger partial charge < -0.3 is 24.4 Å². The molecule has 0 amide bonds. The molecule has 2 rings (SSSR count). The quantitative estimate of drug-likeness (QED) is 0.614. The van der Waals surface area contributed by atoms with E-state index in [4.69, 9.17) is 24.4 Å². The minimum atomic E-state index is -2.96. The van der Waals surface area contributed by atoms with Crippen LogP contribution in [-0.2, 0) is 4.12 Å². The molecule has 2 aromatic rings. The van der Waals surface area contributed by atoms with Crippen LogP contribution in [0.2, 0.25) is 26.2 Å². The third-order valence-electron chi connectivity index (χ3n) is 2.81. The standard InChI is InChI=1S/C16H24N2O3Si2/c1-22(2,3)21-23(4,19-15-9-5-7-13(17)11-15)20-16-10-6-8-14(18)12-16/h5-12H,17-18H2,1-4H3. The lowest BCUT2D eigenvalue weighted by Gasteiger charge is -2.32. The molecule has 0 heterocycles. The van der Waals surface area contributed by atoms with Crippen LogP contribution in [0.1, 0.15) is 0 Å². The minimum Gasteiger partial charge on any atom is -0.493 e. The molecule has 0 radical (unpaired) electrons. The van der Waals surface area contributed by atoms with Gasteiger partial charge in [0.15, 0.2) is 8.32 Å². The van der Waals surface area contributed by atoms with Crippen molar-refractivity contribution in [2.45, 2.75) is 26.2 Å². The Labute approximate surface area is 139 Å². The van der Waals surface area contributed by atoms with Crippen molar-refractivity contribution in [3.63, 3.8) is 0 Å². The molecule has 4 N–H and O–H groups in total. The highest BCUT2D eigenvalue weighted by Gasteiger charge is 2.44. The summed E-state index contributed by atoms with van der Waals surface area (Å²) in [5.74, 6) is 1.28. The third kappa shape index (κ3) is 5.62. The molecule has 7 heteroatoms. The van der Waals surface area contributed by atoms with Gasteiger partial charge in [-0.15, -0.1) is 0 Å². The molecule has 0 spiro atoms. The Balaban J connectivity index is 2.28. The van der Waals surface area contributed by atoms with Gasteiger partial charge in [0.2, 0.25) is 0 Å². The minimum absolute atomic E-state index is 0.635. The molecule has 0 atom stereocenters. The number of rotatable bonds is 6. The molecular formula is C16H24N2O3Si2. The Morgan fingerprint density at radius 3 is 1.52 bits per heavy atom. The molecular weight excluding hydrogens is 324 g/mol. The third-order valence-corrected chi connectivity index (χ3v) is 7.96. The Morgan fingerprint density at radius 1 is 0.739 bits per heavy atom. The van der Waals surface area contributed by atoms with Crippen LogP contribution < -0.4 is 20.3 Å². The zero-order chi connectivity index (χ0) is 17.1. The molecule has 0 unspecified atom stereocenters. The highest BCUT2D eigenvalue weighted by atomic mass is 28.5. The van der Waals surface area contributed by atoms with Crippen molar-refractivity contribution in [1.82, 2.24) is 0 Å². The summed E-state index contributed by atoms with van der Waals surface area (Å²) < 4.78 is 18.5. The van der Waals surface area contributed by atoms with E-state index in [9.17, 15) is 0 Å². The van der Waals surface area contributed by atoms with Crippen molar-refractivity contribution in [1.29, 1.82) is 0 Å². The summed E-state index contributed by atoms with van der Waals surface area (Å²) in [6, 6.07) is 14.5. The summed E-state index contributed by atoms with van der Waals surface area (Å²) >= 11 is 0. The van der Waals surface area contributed by atoms with Crippen LogP contribution in [0, 0.1) is 0 Å². The van der Waals surface area contributed by atoms with Gasteiger partial charge in [0.1, 0.15) is 11.5 Å². The van der Waals surface area contributed by atoms with Crippen LogP contribution in [-0.4, -0.2) is 17.1 Å². The molecule has 0 aromatic heterocycles. The van der Waals surface area contributed by atoms with Crippen molar-refractivity contribution in [2.75, 3.05) is 11.5 Å². The van der Waals surface area contributed by atoms with Crippen molar-refractivity contribution < 1.29 is 13.0 Å². The van der Waals surface area contributed by atoms with Crippen molar-refractivity contribution in [2.24, 2.45) is 0 Å². The van der Waals surface area contributed by atoms with Crippen LogP contribution in [0.25, 0.3) is 0 Å². The molecule has 0 saturated carbocycles. The maximum absolute atomic E-state index is 6.26. The Bertz CT molecular complexity index is 627. The van der Waals surface area contributed by atoms with Gasteiger partial charge in [0.25, 0.3) is 0 Å². The van der Waals surface area contributed by atoms with E-state index in [0.717, 1.165) is 0 Å². The van der Waals surface area contributed by atoms with Crippen molar-refractivity contribution in [3.8, 4) is 11.5 Å². The number of anilines is 2. The molecule has 0 aliphatic carbocycles. The van der Waals surface area contributed by atoms with E-state index < -0.39 is 17.1 Å². The first kappa shape index (κ1) is 17.4. The molecule has 0 aliphatic rings. The van der Waals surface area contributed by atoms with Gasteiger partial charge in [0, 0.05) is 30.1 Å². The zero-order valence-electron chi connectivity index (χ0n) is 14.0. The lowest BCUT2D eigenvalue weighted by Crippen LogP contribution is -2.54. The molecule has 0 fully saturated rings. The van der Waals surface area contributed by atoms with E-state index in [1.807, 2.05) is 42.9 Å². The smallest absolute Gasteiger partial charge is 0.493 e. The van der Waals surface area contributed by atoms with Crippen LogP contribution >= 0.6 is 0 Å². The SMILES string of the molecule is C[Si](C)(C)O[Si](C)(Oc1cccc(N)c1)Oc1cccc(N)c1. The van der Waals surface area contributed by atoms with Crippen LogP contribution in [0.4, 0.5) is 11.4 Å². The van der Waals surface area contributed by atoms with Gasteiger partial charge in [-0.1, -0.05) is 12.1 Å². The first-order valence-corrected chi connectivity index (χ1v) is 13.1. The second kappa shape index (κ2) is 6.65. The van der Waals surface area contributed by atoms with E-state index in [0.29, 0.717) is 22.9 Å². The highest BCUT2D eigenvalue weighted by molar-refractivity contribution is 6.80. The van der Waals surface area contributed by atoms with Gasteiger partial charge in [-0.2, -0.15) is 0 Å². The van der Waals surface area contributed by atoms with Crippen LogP contribution in [0.15, 0.2) is 48.5 Å². The second-order valence-electron chi connectivity index (χ2n) is 6.43. The predicted molar refractivity (Wildman–Crippen MR) is 99.0 cm³/mol. The summed E-state index contributed by atoms with van der Waals surface area (Å²) in [6.45, 7) is 8.19. The van der Waals surface area contributed by atoms with Crippen molar-refractivity contribution in [3.05, 3.63) is 48.5 Å².